The number of halogens is 3. The van der Waals surface area contributed by atoms with E-state index in [9.17, 15) is 13.2 Å². The Bertz CT molecular complexity index is 161. The van der Waals surface area contributed by atoms with Crippen molar-refractivity contribution in [1.82, 2.24) is 0 Å². The molecule has 12 heavy (non-hydrogen) atoms. The minimum atomic E-state index is -4.24. The first-order valence-electron chi connectivity index (χ1n) is 3.52. The Hall–Kier alpha value is -0.550. The van der Waals surface area contributed by atoms with Crippen LogP contribution in [0.1, 0.15) is 0 Å². The van der Waals surface area contributed by atoms with E-state index in [1.165, 1.54) is 0 Å². The van der Waals surface area contributed by atoms with Crippen molar-refractivity contribution in [3.05, 3.63) is 12.2 Å². The summed E-state index contributed by atoms with van der Waals surface area (Å²) in [6.45, 7) is 1.02. The van der Waals surface area contributed by atoms with E-state index in [1.807, 2.05) is 0 Å². The summed E-state index contributed by atoms with van der Waals surface area (Å²) in [5, 5.41) is 0. The Balaban J connectivity index is 1.96. The maximum Gasteiger partial charge on any atom is 0.409 e. The Morgan fingerprint density at radius 1 is 1.50 bits per heavy atom. The molecule has 2 nitrogen and oxygen atoms in total. The first-order valence-corrected chi connectivity index (χ1v) is 3.52. The van der Waals surface area contributed by atoms with E-state index in [2.05, 4.69) is 0 Å². The normalized spacial score (nSPS) is 23.4. The van der Waals surface area contributed by atoms with Crippen LogP contribution in [-0.2, 0) is 9.47 Å². The lowest BCUT2D eigenvalue weighted by atomic mass is 10.5. The third kappa shape index (κ3) is 5.15. The molecule has 1 rings (SSSR count). The van der Waals surface area contributed by atoms with Crippen LogP contribution in [0.15, 0.2) is 12.2 Å². The molecule has 0 aromatic rings. The zero-order valence-corrected chi connectivity index (χ0v) is 6.30. The molecule has 5 heteroatoms. The molecule has 1 atom stereocenters. The van der Waals surface area contributed by atoms with Gasteiger partial charge in [-0.25, -0.2) is 0 Å². The van der Waals surface area contributed by atoms with E-state index in [1.54, 1.807) is 0 Å². The van der Waals surface area contributed by atoms with Crippen LogP contribution in [0.4, 0.5) is 13.2 Å². The van der Waals surface area contributed by atoms with Gasteiger partial charge in [-0.05, 0) is 0 Å². The molecule has 0 bridgehead atoms. The van der Waals surface area contributed by atoms with E-state index < -0.39 is 6.18 Å². The lowest BCUT2D eigenvalue weighted by Gasteiger charge is -1.98. The van der Waals surface area contributed by atoms with Crippen molar-refractivity contribution in [1.29, 1.82) is 0 Å². The fourth-order valence-corrected chi connectivity index (χ4v) is 0.614. The maximum absolute atomic E-state index is 11.5. The predicted octanol–water partition coefficient (Wildman–Crippen LogP) is 1.52. The predicted molar refractivity (Wildman–Crippen MR) is 35.8 cm³/mol. The highest BCUT2D eigenvalue weighted by molar-refractivity contribution is 4.88. The molecule has 1 saturated heterocycles. The van der Waals surface area contributed by atoms with Crippen molar-refractivity contribution in [3.63, 3.8) is 0 Å². The van der Waals surface area contributed by atoms with Gasteiger partial charge in [0.2, 0.25) is 0 Å². The molecule has 1 unspecified atom stereocenters. The van der Waals surface area contributed by atoms with Gasteiger partial charge in [0, 0.05) is 6.08 Å². The van der Waals surface area contributed by atoms with Gasteiger partial charge in [0.05, 0.1) is 19.8 Å². The van der Waals surface area contributed by atoms with Gasteiger partial charge >= 0.3 is 6.18 Å². The van der Waals surface area contributed by atoms with Crippen molar-refractivity contribution in [2.45, 2.75) is 12.3 Å². The highest BCUT2D eigenvalue weighted by atomic mass is 19.4. The van der Waals surface area contributed by atoms with Crippen molar-refractivity contribution in [2.24, 2.45) is 0 Å². The van der Waals surface area contributed by atoms with Crippen LogP contribution in [0.3, 0.4) is 0 Å². The number of allylic oxidation sites excluding steroid dienone is 1. The first kappa shape index (κ1) is 9.54. The molecule has 0 aromatic heterocycles. The van der Waals surface area contributed by atoms with Crippen LogP contribution in [-0.4, -0.2) is 32.1 Å². The molecule has 1 aliphatic heterocycles. The van der Waals surface area contributed by atoms with Crippen LogP contribution in [0, 0.1) is 0 Å². The summed E-state index contributed by atoms with van der Waals surface area (Å²) in [7, 11) is 0. The summed E-state index contributed by atoms with van der Waals surface area (Å²) in [6.07, 6.45) is -3.02. The third-order valence-electron chi connectivity index (χ3n) is 1.23. The largest absolute Gasteiger partial charge is 0.409 e. The van der Waals surface area contributed by atoms with Crippen LogP contribution < -0.4 is 0 Å². The fraction of sp³-hybridized carbons (Fsp3) is 0.714. The molecular formula is C7H9F3O2. The van der Waals surface area contributed by atoms with Gasteiger partial charge in [-0.3, -0.25) is 0 Å². The number of alkyl halides is 3. The van der Waals surface area contributed by atoms with Gasteiger partial charge in [0.15, 0.2) is 0 Å². The molecule has 0 radical (unpaired) electrons. The lowest BCUT2D eigenvalue weighted by Crippen LogP contribution is -2.04. The van der Waals surface area contributed by atoms with Crippen molar-refractivity contribution in [3.8, 4) is 0 Å². The summed E-state index contributed by atoms with van der Waals surface area (Å²) in [5.41, 5.74) is 0. The van der Waals surface area contributed by atoms with E-state index in [0.717, 1.165) is 6.08 Å². The number of ether oxygens (including phenoxy) is 2. The van der Waals surface area contributed by atoms with Crippen LogP contribution in [0.2, 0.25) is 0 Å². The van der Waals surface area contributed by atoms with Gasteiger partial charge in [0.1, 0.15) is 6.10 Å². The maximum atomic E-state index is 11.5. The number of epoxide rings is 1. The Morgan fingerprint density at radius 2 is 2.17 bits per heavy atom. The van der Waals surface area contributed by atoms with Crippen molar-refractivity contribution in [2.75, 3.05) is 19.8 Å². The number of rotatable bonds is 4. The van der Waals surface area contributed by atoms with Gasteiger partial charge in [0.25, 0.3) is 0 Å². The molecular weight excluding hydrogens is 173 g/mol. The zero-order chi connectivity index (χ0) is 9.03. The molecule has 0 amide bonds. The summed E-state index contributed by atoms with van der Waals surface area (Å²) in [4.78, 5) is 0. The van der Waals surface area contributed by atoms with Gasteiger partial charge in [-0.1, -0.05) is 6.08 Å². The average Bonchev–Trinajstić information content (AvgIpc) is 2.68. The van der Waals surface area contributed by atoms with Gasteiger partial charge < -0.3 is 9.47 Å². The van der Waals surface area contributed by atoms with E-state index in [-0.39, 0.29) is 18.8 Å². The molecule has 1 heterocycles. The monoisotopic (exact) mass is 182 g/mol. The summed E-state index contributed by atoms with van der Waals surface area (Å²) in [5.74, 6) is 0. The quantitative estimate of drug-likeness (QED) is 0.373. The molecule has 1 aliphatic rings. The molecule has 0 spiro atoms. The first-order chi connectivity index (χ1) is 5.58. The second kappa shape index (κ2) is 3.91. The van der Waals surface area contributed by atoms with Crippen LogP contribution in [0.5, 0.6) is 0 Å². The Kier molecular flexibility index (Phi) is 3.11. The molecule has 1 fully saturated rings. The number of hydrogen-bond acceptors (Lipinski definition) is 2. The molecule has 70 valence electrons. The summed E-state index contributed by atoms with van der Waals surface area (Å²) in [6, 6.07) is 0. The van der Waals surface area contributed by atoms with Crippen molar-refractivity contribution < 1.29 is 22.6 Å². The minimum Gasteiger partial charge on any atom is -0.375 e. The topological polar surface area (TPSA) is 21.8 Å². The van der Waals surface area contributed by atoms with Crippen LogP contribution in [0.25, 0.3) is 0 Å². The van der Waals surface area contributed by atoms with Crippen molar-refractivity contribution >= 4 is 0 Å². The number of hydrogen-bond donors (Lipinski definition) is 0. The average molecular weight is 182 g/mol. The smallest absolute Gasteiger partial charge is 0.375 e. The molecule has 0 aliphatic carbocycles. The summed E-state index contributed by atoms with van der Waals surface area (Å²) < 4.78 is 44.1. The second-order valence-electron chi connectivity index (χ2n) is 2.44. The van der Waals surface area contributed by atoms with E-state index in [4.69, 9.17) is 9.47 Å². The molecule has 0 saturated carbocycles. The highest BCUT2D eigenvalue weighted by Gasteiger charge is 2.23. The highest BCUT2D eigenvalue weighted by Crippen LogP contribution is 2.15. The zero-order valence-electron chi connectivity index (χ0n) is 6.30. The van der Waals surface area contributed by atoms with E-state index in [0.29, 0.717) is 13.2 Å². The SMILES string of the molecule is FC(F)(F)C=CCOCC1CO1. The molecule has 0 N–H and O–H groups in total. The minimum absolute atomic E-state index is 0.0145. The van der Waals surface area contributed by atoms with Gasteiger partial charge in [-0.15, -0.1) is 0 Å². The standard InChI is InChI=1S/C7H9F3O2/c8-7(9,10)2-1-3-11-4-6-5-12-6/h1-2,6H,3-5H2. The fourth-order valence-electron chi connectivity index (χ4n) is 0.614. The van der Waals surface area contributed by atoms with Gasteiger partial charge in [-0.2, -0.15) is 13.2 Å². The second-order valence-corrected chi connectivity index (χ2v) is 2.44. The third-order valence-corrected chi connectivity index (χ3v) is 1.23. The van der Waals surface area contributed by atoms with Crippen LogP contribution >= 0.6 is 0 Å². The van der Waals surface area contributed by atoms with E-state index >= 15 is 0 Å². The Labute approximate surface area is 68.0 Å². The molecule has 0 aromatic carbocycles. The Morgan fingerprint density at radius 3 is 2.67 bits per heavy atom. The summed E-state index contributed by atoms with van der Waals surface area (Å²) >= 11 is 0. The lowest BCUT2D eigenvalue weighted by molar-refractivity contribution is -0.0803.